The minimum atomic E-state index is -2.34. The summed E-state index contributed by atoms with van der Waals surface area (Å²) >= 11 is 0. The molecule has 0 saturated heterocycles. The minimum Gasteiger partial charge on any atom is -0.516 e. The lowest BCUT2D eigenvalue weighted by molar-refractivity contribution is -0.147. The molecule has 0 bridgehead atoms. The number of aromatic amines is 1. The molecule has 0 atom stereocenters. The number of carbonyl (C=O) groups is 10. The molecule has 716 valence electrons. The van der Waals surface area contributed by atoms with Gasteiger partial charge in [0.05, 0.1) is 88.1 Å². The van der Waals surface area contributed by atoms with E-state index in [9.17, 15) is 47.9 Å². The van der Waals surface area contributed by atoms with Crippen LogP contribution < -0.4 is 31.9 Å². The van der Waals surface area contributed by atoms with Crippen molar-refractivity contribution in [2.75, 3.05) is 76.6 Å². The van der Waals surface area contributed by atoms with Gasteiger partial charge in [0.1, 0.15) is 27.9 Å². The van der Waals surface area contributed by atoms with E-state index in [2.05, 4.69) is 111 Å². The molecule has 9 aromatic rings. The van der Waals surface area contributed by atoms with Gasteiger partial charge in [-0.15, -0.1) is 0 Å². The molecule has 9 rings (SSSR count). The van der Waals surface area contributed by atoms with E-state index in [1.165, 1.54) is 30.4 Å². The van der Waals surface area contributed by atoms with Crippen molar-refractivity contribution in [3.63, 3.8) is 0 Å². The van der Waals surface area contributed by atoms with E-state index in [0.29, 0.717) is 62.2 Å². The zero-order chi connectivity index (χ0) is 99.6. The van der Waals surface area contributed by atoms with E-state index >= 15 is 0 Å². The fraction of sp³-hybridized carbons (Fsp3) is 0.330. The third kappa shape index (κ3) is 37.8. The zero-order valence-electron chi connectivity index (χ0n) is 81.0. The lowest BCUT2D eigenvalue weighted by atomic mass is 10.1. The number of carbonyl (C=O) groups excluding carboxylic acids is 10. The Bertz CT molecular complexity index is 5690. The molecule has 0 spiro atoms. The molecule has 0 unspecified atom stereocenters. The summed E-state index contributed by atoms with van der Waals surface area (Å²) in [7, 11) is -14.0. The molecule has 0 saturated carbocycles. The van der Waals surface area contributed by atoms with Gasteiger partial charge in [0.25, 0.3) is 0 Å². The third-order valence-corrected chi connectivity index (χ3v) is 23.5. The molecule has 135 heavy (non-hydrogen) atoms. The zero-order valence-corrected chi connectivity index (χ0v) is 88.0. The van der Waals surface area contributed by atoms with Crippen molar-refractivity contribution in [1.29, 1.82) is 0 Å². The van der Waals surface area contributed by atoms with Crippen LogP contribution in [0.5, 0.6) is 0 Å². The van der Waals surface area contributed by atoms with E-state index in [4.69, 9.17) is 46.4 Å². The van der Waals surface area contributed by atoms with Gasteiger partial charge in [-0.05, 0) is 211 Å². The number of ether oxygens (including phenoxy) is 7. The predicted octanol–water partition coefficient (Wildman–Crippen LogP) is 18.5. The van der Waals surface area contributed by atoms with Gasteiger partial charge in [-0.2, -0.15) is 29.9 Å². The molecule has 0 radical (unpaired) electrons. The van der Waals surface area contributed by atoms with Crippen LogP contribution in [0.1, 0.15) is 48.6 Å². The molecule has 0 amide bonds. The van der Waals surface area contributed by atoms with Crippen LogP contribution in [0.4, 0.5) is 70.1 Å². The average molecular weight is 1960 g/mol. The fourth-order valence-corrected chi connectivity index (χ4v) is 15.3. The lowest BCUT2D eigenvalue weighted by Gasteiger charge is -2.21. The van der Waals surface area contributed by atoms with E-state index < -0.39 is 117 Å². The number of para-hydroxylation sites is 2. The second kappa shape index (κ2) is 47.4. The van der Waals surface area contributed by atoms with Crippen LogP contribution in [-0.4, -0.2) is 202 Å². The number of imidazole rings is 1. The van der Waals surface area contributed by atoms with Crippen LogP contribution in [0.25, 0.3) is 41.4 Å². The summed E-state index contributed by atoms with van der Waals surface area (Å²) in [6, 6.07) is 41.9. The predicted molar refractivity (Wildman–Crippen MR) is 543 cm³/mol. The number of nitrogens with zero attached hydrogens (tertiary/aromatic N) is 7. The SMILES string of the molecule is CCOC(=O)/C(=C\c1ccc(Nc2nc(Nc3ccc(/C=C(\C(=O)OCC)C(=O)OC[Si](C)(C)C)cc3)nc(Nc3ccc(/C=C(\C(=O)OCC)C(=O)O[Si](C)(C)C)cc3)n2)cc1)C(=O)OC[Si](C)(C)C.C[Si](C)(C)COC(=O)C(=Cc1ccc(Nc2nc(Nc3ccc(C=C(C(=O)O[Si](C)(C)C)C(=O)O[Si](C)(C)C)cc3)nc(Nc3nc4ccccc4[nH]3)n2)cc1)C(=O)OC[Si](C)(C)C. The lowest BCUT2D eigenvalue weighted by Crippen LogP contribution is -2.35. The number of H-pyrrole nitrogens is 1. The van der Waals surface area contributed by atoms with Gasteiger partial charge in [0.15, 0.2) is 0 Å². The number of benzene rings is 6. The molecular formula is C94H122N14O20Si7. The van der Waals surface area contributed by atoms with Crippen LogP contribution in [0.3, 0.4) is 0 Å². The first-order valence-electron chi connectivity index (χ1n) is 43.7. The normalized spacial score (nSPS) is 12.0. The molecule has 3 heterocycles. The molecule has 0 fully saturated rings. The standard InChI is InChI=1S/C50H64N6O12Si3.C44H58N8O8Si4/c1-13-63-42(57)39(45(60)66-31-69(4,5)6)28-33-16-22-36(23-17-33)51-48-54-49(52-37-24-18-34(19-25-37)29-40(43(58)64-14-2)46(61)67-32-70(7,8)9)56-50(55-48)53-38-26-20-35(21-27-38)30-41(44(59)65-15-3)47(62)68-71(10,11)12;1-61(2,3)27-57-37(53)33(38(54)58-28-62(4,5)6)25-29-17-21-31(22-18-29)45-41-49-42(51-44(50-41)52-43-47-35-15-13-14-16-36(35)48-43)46-32-23-19-30(20-24-32)26-34(39(55)59-63(7,8)9)40(56)60-64(10,11)12/h16-30H,13-15,31-32H2,1-12H3,(H3,51,52,53,54,55,56);13-26H,27-28H2,1-12H3,(H4,45,46,47,48,49,50,51,52)/b39-28+,40-29+,41-30+;. The van der Waals surface area contributed by atoms with Crippen molar-refractivity contribution in [3.8, 4) is 0 Å². The summed E-state index contributed by atoms with van der Waals surface area (Å²) < 4.78 is 54.5. The smallest absolute Gasteiger partial charge is 0.345 e. The average Bonchev–Trinajstić information content (AvgIpc) is 1.81. The molecule has 0 aliphatic carbocycles. The maximum absolute atomic E-state index is 13.2. The molecule has 0 aliphatic heterocycles. The van der Waals surface area contributed by atoms with E-state index in [0.717, 1.165) is 11.0 Å². The Hall–Kier alpha value is -13.5. The van der Waals surface area contributed by atoms with Crippen molar-refractivity contribution in [2.24, 2.45) is 0 Å². The Balaban J connectivity index is 0.000000334. The molecule has 41 heteroatoms. The van der Waals surface area contributed by atoms with Crippen LogP contribution in [0, 0.1) is 0 Å². The van der Waals surface area contributed by atoms with Gasteiger partial charge >= 0.3 is 59.7 Å². The summed E-state index contributed by atoms with van der Waals surface area (Å²) in [4.78, 5) is 166. The highest BCUT2D eigenvalue weighted by molar-refractivity contribution is 6.77. The van der Waals surface area contributed by atoms with Crippen molar-refractivity contribution in [1.82, 2.24) is 39.9 Å². The van der Waals surface area contributed by atoms with Crippen molar-refractivity contribution in [3.05, 3.63) is 201 Å². The van der Waals surface area contributed by atoms with E-state index in [1.54, 1.807) is 142 Å². The first-order valence-corrected chi connectivity index (χ1v) is 68.8. The van der Waals surface area contributed by atoms with Gasteiger partial charge in [-0.25, -0.2) is 52.9 Å². The summed E-state index contributed by atoms with van der Waals surface area (Å²) in [6.07, 6.45) is 8.19. The number of fused-ring (bicyclic) bond motifs is 1. The van der Waals surface area contributed by atoms with Gasteiger partial charge in [0.2, 0.25) is 66.6 Å². The highest BCUT2D eigenvalue weighted by Gasteiger charge is 2.34. The number of esters is 7. The maximum Gasteiger partial charge on any atom is 0.345 e. The molecule has 7 N–H and O–H groups in total. The highest BCUT2D eigenvalue weighted by Crippen LogP contribution is 2.30. The van der Waals surface area contributed by atoms with Crippen LogP contribution in [-0.2, 0) is 94.4 Å². The van der Waals surface area contributed by atoms with Crippen LogP contribution in [0.2, 0.25) is 137 Å². The third-order valence-electron chi connectivity index (χ3n) is 17.0. The second-order valence-corrected chi connectivity index (χ2v) is 73.5. The minimum absolute atomic E-state index is 0.0775. The Morgan fingerprint density at radius 3 is 0.667 bits per heavy atom. The Kier molecular flexibility index (Phi) is 37.6. The maximum atomic E-state index is 13.2. The Labute approximate surface area is 794 Å². The molecule has 3 aromatic heterocycles. The molecular weight excluding hydrogens is 1840 g/mol. The second-order valence-electron chi connectivity index (χ2n) is 38.6. The summed E-state index contributed by atoms with van der Waals surface area (Å²) in [5.74, 6) is -6.26. The van der Waals surface area contributed by atoms with Crippen molar-refractivity contribution in [2.45, 2.75) is 158 Å². The molecule has 34 nitrogen and oxygen atoms in total. The number of hydrogen-bond acceptors (Lipinski definition) is 33. The number of rotatable bonds is 41. The largest absolute Gasteiger partial charge is 0.516 e. The van der Waals surface area contributed by atoms with Gasteiger partial charge in [0, 0.05) is 28.4 Å². The van der Waals surface area contributed by atoms with Crippen molar-refractivity contribution < 1.29 is 94.4 Å². The summed E-state index contributed by atoms with van der Waals surface area (Å²) in [6.45, 7) is 46.6. The summed E-state index contributed by atoms with van der Waals surface area (Å²) in [5.41, 5.74) is 6.08. The van der Waals surface area contributed by atoms with Crippen molar-refractivity contribution >= 4 is 228 Å². The number of aromatic nitrogens is 8. The quantitative estimate of drug-likeness (QED) is 0.00467. The number of nitrogens with one attached hydrogen (secondary N) is 7. The van der Waals surface area contributed by atoms with E-state index in [1.807, 2.05) is 122 Å². The Morgan fingerprint density at radius 2 is 0.459 bits per heavy atom. The van der Waals surface area contributed by atoms with Gasteiger partial charge < -0.3 is 78.0 Å². The Morgan fingerprint density at radius 1 is 0.259 bits per heavy atom. The van der Waals surface area contributed by atoms with Gasteiger partial charge in [-0.3, -0.25) is 5.32 Å². The topological polar surface area (TPSA) is 441 Å². The molecule has 0 aliphatic rings. The first-order chi connectivity index (χ1) is 63.1. The van der Waals surface area contributed by atoms with Crippen LogP contribution in [0.15, 0.2) is 173 Å². The molecule has 6 aromatic carbocycles. The van der Waals surface area contributed by atoms with Gasteiger partial charge in [-0.1, -0.05) is 151 Å². The van der Waals surface area contributed by atoms with Crippen LogP contribution >= 0.6 is 0 Å². The fourth-order valence-electron chi connectivity index (χ4n) is 11.1. The van der Waals surface area contributed by atoms with E-state index in [-0.39, 0.29) is 108 Å². The number of hydrogen-bond donors (Lipinski definition) is 7. The monoisotopic (exact) mass is 1960 g/mol. The first kappa shape index (κ1) is 107. The summed E-state index contributed by atoms with van der Waals surface area (Å²) in [5, 5.41) is 19.1. The highest BCUT2D eigenvalue weighted by atomic mass is 28.4. The number of anilines is 12.